The molecule has 2 N–H and O–H groups in total. The number of amides is 2. The number of carbonyl (C=O) groups excluding carboxylic acids is 2. The molecule has 1 atom stereocenters. The number of aromatic nitrogens is 3. The molecule has 130 valence electrons. The fourth-order valence-electron chi connectivity index (χ4n) is 2.75. The summed E-state index contributed by atoms with van der Waals surface area (Å²) in [5, 5.41) is 9.59. The van der Waals surface area contributed by atoms with Crippen molar-refractivity contribution < 1.29 is 14.0 Å². The third-order valence-corrected chi connectivity index (χ3v) is 3.92. The van der Waals surface area contributed by atoms with Crippen LogP contribution in [0.2, 0.25) is 0 Å². The minimum Gasteiger partial charge on any atom is -0.465 e. The van der Waals surface area contributed by atoms with Crippen molar-refractivity contribution >= 4 is 29.8 Å². The molecule has 3 heterocycles. The van der Waals surface area contributed by atoms with Crippen molar-refractivity contribution in [2.24, 2.45) is 0 Å². The lowest BCUT2D eigenvalue weighted by molar-refractivity contribution is -0.117. The van der Waals surface area contributed by atoms with Crippen molar-refractivity contribution in [3.63, 3.8) is 0 Å². The summed E-state index contributed by atoms with van der Waals surface area (Å²) in [7, 11) is 0. The Morgan fingerprint density at radius 2 is 2.12 bits per heavy atom. The molecule has 4 rings (SSSR count). The lowest BCUT2D eigenvalue weighted by atomic mass is 10.0. The summed E-state index contributed by atoms with van der Waals surface area (Å²) < 4.78 is 6.74. The fourth-order valence-corrected chi connectivity index (χ4v) is 2.75. The third-order valence-electron chi connectivity index (χ3n) is 3.92. The molecule has 0 bridgehead atoms. The summed E-state index contributed by atoms with van der Waals surface area (Å²) in [5.41, 5.74) is 0.948. The van der Waals surface area contributed by atoms with Crippen molar-refractivity contribution in [2.45, 2.75) is 12.5 Å². The van der Waals surface area contributed by atoms with Gasteiger partial charge < -0.3 is 4.42 Å². The van der Waals surface area contributed by atoms with Gasteiger partial charge in [0.2, 0.25) is 11.9 Å². The van der Waals surface area contributed by atoms with E-state index in [0.29, 0.717) is 11.7 Å². The van der Waals surface area contributed by atoms with E-state index in [-0.39, 0.29) is 24.3 Å². The van der Waals surface area contributed by atoms with E-state index >= 15 is 0 Å². The maximum atomic E-state index is 12.0. The molecule has 8 heteroatoms. The second-order valence-corrected chi connectivity index (χ2v) is 5.72. The molecule has 0 saturated carbocycles. The number of benzene rings is 1. The Bertz CT molecular complexity index is 960. The van der Waals surface area contributed by atoms with Gasteiger partial charge in [-0.05, 0) is 23.8 Å². The molecule has 3 aromatic rings. The number of anilines is 2. The van der Waals surface area contributed by atoms with Crippen LogP contribution in [0.15, 0.2) is 59.2 Å². The van der Waals surface area contributed by atoms with Gasteiger partial charge in [-0.15, -0.1) is 5.10 Å². The number of furan rings is 1. The zero-order valence-electron chi connectivity index (χ0n) is 13.6. The van der Waals surface area contributed by atoms with Crippen molar-refractivity contribution in [1.82, 2.24) is 14.8 Å². The van der Waals surface area contributed by atoms with Crippen molar-refractivity contribution in [2.75, 3.05) is 10.6 Å². The number of rotatable bonds is 4. The number of nitrogens with one attached hydrogen (secondary N) is 2. The third kappa shape index (κ3) is 3.25. The molecule has 2 aromatic heterocycles. The minimum absolute atomic E-state index is 0.122. The Balaban J connectivity index is 1.55. The first-order valence-corrected chi connectivity index (χ1v) is 8.03. The van der Waals surface area contributed by atoms with Crippen LogP contribution in [0, 0.1) is 0 Å². The summed E-state index contributed by atoms with van der Waals surface area (Å²) in [4.78, 5) is 28.2. The molecule has 0 saturated heterocycles. The number of nitrogens with zero attached hydrogens (tertiary/aromatic N) is 3. The lowest BCUT2D eigenvalue weighted by Crippen LogP contribution is -2.29. The summed E-state index contributed by atoms with van der Waals surface area (Å²) in [6, 6.07) is 12.8. The molecule has 0 radical (unpaired) electrons. The molecule has 0 spiro atoms. The maximum Gasteiger partial charge on any atom is 0.250 e. The first kappa shape index (κ1) is 15.8. The topological polar surface area (TPSA) is 102 Å². The molecular weight excluding hydrogens is 334 g/mol. The van der Waals surface area contributed by atoms with Gasteiger partial charge in [0.25, 0.3) is 11.9 Å². The number of carbonyl (C=O) groups is 2. The van der Waals surface area contributed by atoms with Crippen LogP contribution in [0.1, 0.15) is 23.8 Å². The van der Waals surface area contributed by atoms with E-state index in [1.165, 1.54) is 12.3 Å². The molecule has 26 heavy (non-hydrogen) atoms. The summed E-state index contributed by atoms with van der Waals surface area (Å²) in [6.07, 6.45) is 4.65. The molecular formula is C18H15N5O3. The van der Waals surface area contributed by atoms with Crippen LogP contribution in [0.3, 0.4) is 0 Å². The highest BCUT2D eigenvalue weighted by Gasteiger charge is 2.29. The first-order valence-electron chi connectivity index (χ1n) is 8.03. The van der Waals surface area contributed by atoms with E-state index in [4.69, 9.17) is 4.42 Å². The summed E-state index contributed by atoms with van der Waals surface area (Å²) >= 11 is 0. The fraction of sp³-hybridized carbons (Fsp3) is 0.111. The van der Waals surface area contributed by atoms with Crippen molar-refractivity contribution in [3.8, 4) is 0 Å². The van der Waals surface area contributed by atoms with E-state index < -0.39 is 5.91 Å². The quantitative estimate of drug-likeness (QED) is 0.705. The molecule has 1 aromatic carbocycles. The number of hydrogen-bond acceptors (Lipinski definition) is 5. The van der Waals surface area contributed by atoms with Crippen LogP contribution in [0.25, 0.3) is 6.08 Å². The normalized spacial score (nSPS) is 16.3. The van der Waals surface area contributed by atoms with Crippen LogP contribution in [0.5, 0.6) is 0 Å². The molecule has 0 fully saturated rings. The van der Waals surface area contributed by atoms with Crippen LogP contribution in [0.4, 0.5) is 11.9 Å². The zero-order chi connectivity index (χ0) is 17.9. The summed E-state index contributed by atoms with van der Waals surface area (Å²) in [5.74, 6) is 0.451. The van der Waals surface area contributed by atoms with E-state index in [2.05, 4.69) is 20.7 Å². The molecule has 8 nitrogen and oxygen atoms in total. The second kappa shape index (κ2) is 6.67. The van der Waals surface area contributed by atoms with Gasteiger partial charge in [-0.1, -0.05) is 30.3 Å². The van der Waals surface area contributed by atoms with E-state index in [0.717, 1.165) is 5.56 Å². The van der Waals surface area contributed by atoms with Crippen LogP contribution in [-0.2, 0) is 9.59 Å². The highest BCUT2D eigenvalue weighted by atomic mass is 16.3. The predicted molar refractivity (Wildman–Crippen MR) is 94.2 cm³/mol. The van der Waals surface area contributed by atoms with E-state index in [1.54, 1.807) is 22.9 Å². The second-order valence-electron chi connectivity index (χ2n) is 5.72. The highest BCUT2D eigenvalue weighted by Crippen LogP contribution is 2.29. The Hall–Kier alpha value is -3.68. The van der Waals surface area contributed by atoms with Gasteiger partial charge >= 0.3 is 0 Å². The van der Waals surface area contributed by atoms with Crippen LogP contribution >= 0.6 is 0 Å². The average Bonchev–Trinajstić information content (AvgIpc) is 3.29. The molecule has 2 amide bonds. The van der Waals surface area contributed by atoms with Gasteiger partial charge in [0.15, 0.2) is 0 Å². The predicted octanol–water partition coefficient (Wildman–Crippen LogP) is 2.45. The first-order chi connectivity index (χ1) is 12.7. The lowest BCUT2D eigenvalue weighted by Gasteiger charge is -2.23. The Labute approximate surface area is 148 Å². The van der Waals surface area contributed by atoms with Gasteiger partial charge in [0.05, 0.1) is 18.7 Å². The van der Waals surface area contributed by atoms with Gasteiger partial charge in [0.1, 0.15) is 5.76 Å². The summed E-state index contributed by atoms with van der Waals surface area (Å²) in [6.45, 7) is 0. The zero-order valence-corrected chi connectivity index (χ0v) is 13.6. The number of fused-ring (bicyclic) bond motifs is 1. The monoisotopic (exact) mass is 349 g/mol. The van der Waals surface area contributed by atoms with Crippen LogP contribution in [-0.4, -0.2) is 26.6 Å². The van der Waals surface area contributed by atoms with E-state index in [9.17, 15) is 9.59 Å². The van der Waals surface area contributed by atoms with Gasteiger partial charge in [-0.2, -0.15) is 4.98 Å². The Morgan fingerprint density at radius 1 is 1.27 bits per heavy atom. The largest absolute Gasteiger partial charge is 0.465 e. The van der Waals surface area contributed by atoms with Gasteiger partial charge in [0, 0.05) is 6.08 Å². The maximum absolute atomic E-state index is 12.0. The minimum atomic E-state index is -0.396. The number of hydrogen-bond donors (Lipinski definition) is 2. The smallest absolute Gasteiger partial charge is 0.250 e. The van der Waals surface area contributed by atoms with Gasteiger partial charge in [-0.25, -0.2) is 4.68 Å². The molecule has 1 aliphatic heterocycles. The Morgan fingerprint density at radius 3 is 2.88 bits per heavy atom. The standard InChI is InChI=1S/C18H15N5O3/c24-15(9-8-13-7-4-10-26-13)19-17-21-18-20-16(25)11-14(23(18)22-17)12-5-2-1-3-6-12/h1-10,14H,11H2,(H2,19,20,21,22,24,25)/b9-8+/t14-/m1/s1. The molecule has 1 aliphatic rings. The Kier molecular flexibility index (Phi) is 4.06. The van der Waals surface area contributed by atoms with Crippen molar-refractivity contribution in [3.05, 3.63) is 66.1 Å². The van der Waals surface area contributed by atoms with E-state index in [1.807, 2.05) is 30.3 Å². The SMILES string of the molecule is O=C(/C=C/c1ccco1)Nc1nc2n(n1)[C@@H](c1ccccc1)CC(=O)N2. The van der Waals surface area contributed by atoms with Crippen LogP contribution < -0.4 is 10.6 Å². The van der Waals surface area contributed by atoms with Gasteiger partial charge in [-0.3, -0.25) is 20.2 Å². The highest BCUT2D eigenvalue weighted by molar-refractivity contribution is 6.01. The van der Waals surface area contributed by atoms with Crippen molar-refractivity contribution in [1.29, 1.82) is 0 Å². The molecule has 0 unspecified atom stereocenters. The molecule has 0 aliphatic carbocycles. The average molecular weight is 349 g/mol.